The number of esters is 1. The predicted molar refractivity (Wildman–Crippen MR) is 126 cm³/mol. The molecule has 0 radical (unpaired) electrons. The van der Waals surface area contributed by atoms with Crippen molar-refractivity contribution in [3.05, 3.63) is 95.6 Å². The Labute approximate surface area is 189 Å². The van der Waals surface area contributed by atoms with Gasteiger partial charge in [-0.1, -0.05) is 56.3 Å². The molecule has 5 heteroatoms. The first-order chi connectivity index (χ1) is 15.3. The second-order valence-corrected chi connectivity index (χ2v) is 8.06. The molecule has 3 rings (SSSR count). The molecule has 3 aromatic rings. The minimum absolute atomic E-state index is 0.140. The molecular weight excluding hydrogens is 402 g/mol. The summed E-state index contributed by atoms with van der Waals surface area (Å²) < 4.78 is 10.8. The van der Waals surface area contributed by atoms with Crippen LogP contribution in [0.2, 0.25) is 0 Å². The van der Waals surface area contributed by atoms with Gasteiger partial charge in [0.2, 0.25) is 0 Å². The highest BCUT2D eigenvalue weighted by Gasteiger charge is 2.23. The first kappa shape index (κ1) is 23.1. The minimum Gasteiger partial charge on any atom is -0.481 e. The molecule has 0 aliphatic rings. The van der Waals surface area contributed by atoms with Gasteiger partial charge in [0, 0.05) is 11.1 Å². The van der Waals surface area contributed by atoms with Gasteiger partial charge in [-0.3, -0.25) is 4.79 Å². The Morgan fingerprint density at radius 2 is 1.47 bits per heavy atom. The van der Waals surface area contributed by atoms with Crippen molar-refractivity contribution in [3.8, 4) is 5.75 Å². The first-order valence-corrected chi connectivity index (χ1v) is 10.7. The van der Waals surface area contributed by atoms with Gasteiger partial charge >= 0.3 is 5.97 Å². The average Bonchev–Trinajstić information content (AvgIpc) is 2.80. The molecule has 0 aromatic heterocycles. The monoisotopic (exact) mass is 431 g/mol. The third kappa shape index (κ3) is 5.55. The zero-order valence-corrected chi connectivity index (χ0v) is 18.9. The fourth-order valence-electron chi connectivity index (χ4n) is 3.38. The number of anilines is 1. The van der Waals surface area contributed by atoms with E-state index in [1.54, 1.807) is 38.1 Å². The van der Waals surface area contributed by atoms with Crippen LogP contribution in [0, 0.1) is 0 Å². The van der Waals surface area contributed by atoms with Crippen LogP contribution >= 0.6 is 0 Å². The maximum Gasteiger partial charge on any atom is 0.338 e. The van der Waals surface area contributed by atoms with Gasteiger partial charge in [-0.15, -0.1) is 0 Å². The van der Waals surface area contributed by atoms with Crippen LogP contribution in [0.3, 0.4) is 0 Å². The van der Waals surface area contributed by atoms with E-state index >= 15 is 0 Å². The van der Waals surface area contributed by atoms with E-state index in [4.69, 9.17) is 9.47 Å². The molecule has 166 valence electrons. The second kappa shape index (κ2) is 10.1. The molecule has 0 aliphatic heterocycles. The van der Waals surface area contributed by atoms with Crippen LogP contribution in [0.4, 0.5) is 5.69 Å². The van der Waals surface area contributed by atoms with Gasteiger partial charge in [-0.25, -0.2) is 4.79 Å². The fraction of sp³-hybridized carbons (Fsp3) is 0.259. The van der Waals surface area contributed by atoms with E-state index in [1.165, 1.54) is 5.56 Å². The molecule has 5 nitrogen and oxygen atoms in total. The quantitative estimate of drug-likeness (QED) is 0.472. The number of amides is 1. The van der Waals surface area contributed by atoms with Crippen molar-refractivity contribution >= 4 is 17.6 Å². The number of ether oxygens (including phenoxy) is 2. The molecule has 0 aliphatic carbocycles. The summed E-state index contributed by atoms with van der Waals surface area (Å²) in [4.78, 5) is 24.2. The molecule has 1 N–H and O–H groups in total. The van der Waals surface area contributed by atoms with E-state index in [-0.39, 0.29) is 17.3 Å². The zero-order valence-electron chi connectivity index (χ0n) is 18.9. The third-order valence-corrected chi connectivity index (χ3v) is 5.42. The Kier molecular flexibility index (Phi) is 7.31. The Hall–Kier alpha value is -3.60. The van der Waals surface area contributed by atoms with Crippen molar-refractivity contribution in [2.45, 2.75) is 39.2 Å². The summed E-state index contributed by atoms with van der Waals surface area (Å²) in [5.41, 5.74) is 3.27. The van der Waals surface area contributed by atoms with Crippen molar-refractivity contribution in [1.82, 2.24) is 0 Å². The van der Waals surface area contributed by atoms with Crippen LogP contribution in [-0.4, -0.2) is 24.6 Å². The van der Waals surface area contributed by atoms with E-state index in [9.17, 15) is 9.59 Å². The molecule has 1 amide bonds. The molecular formula is C27H29NO4. The van der Waals surface area contributed by atoms with Crippen molar-refractivity contribution in [2.75, 3.05) is 11.9 Å². The van der Waals surface area contributed by atoms with E-state index in [0.29, 0.717) is 23.6 Å². The summed E-state index contributed by atoms with van der Waals surface area (Å²) in [6.45, 7) is 8.13. The molecule has 0 spiro atoms. The number of benzene rings is 3. The molecule has 0 fully saturated rings. The van der Waals surface area contributed by atoms with Crippen molar-refractivity contribution < 1.29 is 19.1 Å². The number of nitrogens with one attached hydrogen (secondary N) is 1. The van der Waals surface area contributed by atoms with Crippen molar-refractivity contribution in [1.29, 1.82) is 0 Å². The van der Waals surface area contributed by atoms with E-state index < -0.39 is 6.10 Å². The zero-order chi connectivity index (χ0) is 23.1. The summed E-state index contributed by atoms with van der Waals surface area (Å²) in [6, 6.07) is 24.7. The number of hydrogen-bond donors (Lipinski definition) is 1. The van der Waals surface area contributed by atoms with Gasteiger partial charge in [-0.05, 0) is 61.4 Å². The van der Waals surface area contributed by atoms with Crippen molar-refractivity contribution in [3.63, 3.8) is 0 Å². The largest absolute Gasteiger partial charge is 0.481 e. The Bertz CT molecular complexity index is 1040. The number of hydrogen-bond acceptors (Lipinski definition) is 4. The average molecular weight is 432 g/mol. The summed E-state index contributed by atoms with van der Waals surface area (Å²) in [5, 5.41) is 2.80. The molecule has 0 saturated carbocycles. The summed E-state index contributed by atoms with van der Waals surface area (Å²) in [6.07, 6.45) is -0.687. The molecule has 0 bridgehead atoms. The summed E-state index contributed by atoms with van der Waals surface area (Å²) >= 11 is 0. The molecule has 32 heavy (non-hydrogen) atoms. The summed E-state index contributed by atoms with van der Waals surface area (Å²) in [7, 11) is 0. The summed E-state index contributed by atoms with van der Waals surface area (Å²) in [5.74, 6) is -0.0403. The SMILES string of the molecule is CCOC(=O)c1ccc(NC(=O)C(C)Oc2ccc(C(C)(C)c3ccccc3)cc2)cc1. The fourth-order valence-corrected chi connectivity index (χ4v) is 3.38. The highest BCUT2D eigenvalue weighted by Crippen LogP contribution is 2.32. The maximum atomic E-state index is 12.5. The third-order valence-electron chi connectivity index (χ3n) is 5.42. The van der Waals surface area contributed by atoms with Crippen molar-refractivity contribution in [2.24, 2.45) is 0 Å². The van der Waals surface area contributed by atoms with Gasteiger partial charge in [-0.2, -0.15) is 0 Å². The van der Waals surface area contributed by atoms with Gasteiger partial charge in [0.25, 0.3) is 5.91 Å². The van der Waals surface area contributed by atoms with Gasteiger partial charge < -0.3 is 14.8 Å². The highest BCUT2D eigenvalue weighted by atomic mass is 16.5. The van der Waals surface area contributed by atoms with Gasteiger partial charge in [0.15, 0.2) is 6.10 Å². The predicted octanol–water partition coefficient (Wildman–Crippen LogP) is 5.60. The maximum absolute atomic E-state index is 12.5. The lowest BCUT2D eigenvalue weighted by Crippen LogP contribution is -2.30. The lowest BCUT2D eigenvalue weighted by molar-refractivity contribution is -0.122. The first-order valence-electron chi connectivity index (χ1n) is 10.7. The van der Waals surface area contributed by atoms with Crippen LogP contribution in [-0.2, 0) is 14.9 Å². The van der Waals surface area contributed by atoms with E-state index in [1.807, 2.05) is 42.5 Å². The van der Waals surface area contributed by atoms with Crippen LogP contribution in [0.15, 0.2) is 78.9 Å². The van der Waals surface area contributed by atoms with Crippen LogP contribution < -0.4 is 10.1 Å². The van der Waals surface area contributed by atoms with E-state index in [0.717, 1.165) is 5.56 Å². The topological polar surface area (TPSA) is 64.6 Å². The molecule has 0 saturated heterocycles. The standard InChI is InChI=1S/C27H29NO4/c1-5-31-26(30)20-11-15-23(16-12-20)28-25(29)19(2)32-24-17-13-22(14-18-24)27(3,4)21-9-7-6-8-10-21/h6-19H,5H2,1-4H3,(H,28,29). The number of carbonyl (C=O) groups is 2. The Morgan fingerprint density at radius 1 is 0.875 bits per heavy atom. The van der Waals surface area contributed by atoms with E-state index in [2.05, 4.69) is 31.3 Å². The normalized spacial score (nSPS) is 12.0. The highest BCUT2D eigenvalue weighted by molar-refractivity contribution is 5.95. The minimum atomic E-state index is -0.687. The Balaban J connectivity index is 1.60. The molecule has 1 unspecified atom stereocenters. The molecule has 0 heterocycles. The lowest BCUT2D eigenvalue weighted by atomic mass is 9.78. The van der Waals surface area contributed by atoms with Crippen LogP contribution in [0.25, 0.3) is 0 Å². The number of rotatable bonds is 8. The van der Waals surface area contributed by atoms with Crippen LogP contribution in [0.1, 0.15) is 49.2 Å². The second-order valence-electron chi connectivity index (χ2n) is 8.06. The molecule has 3 aromatic carbocycles. The van der Waals surface area contributed by atoms with Gasteiger partial charge in [0.1, 0.15) is 5.75 Å². The lowest BCUT2D eigenvalue weighted by Gasteiger charge is -2.26. The smallest absolute Gasteiger partial charge is 0.338 e. The van der Waals surface area contributed by atoms with Gasteiger partial charge in [0.05, 0.1) is 12.2 Å². The molecule has 1 atom stereocenters. The number of carbonyl (C=O) groups excluding carboxylic acids is 2. The Morgan fingerprint density at radius 3 is 2.06 bits per heavy atom. The van der Waals surface area contributed by atoms with Crippen LogP contribution in [0.5, 0.6) is 5.75 Å².